The van der Waals surface area contributed by atoms with Crippen molar-refractivity contribution in [1.82, 2.24) is 9.38 Å². The molecule has 0 radical (unpaired) electrons. The second kappa shape index (κ2) is 8.88. The summed E-state index contributed by atoms with van der Waals surface area (Å²) in [6.45, 7) is 8.27. The molecule has 0 unspecified atom stereocenters. The van der Waals surface area contributed by atoms with Crippen LogP contribution < -0.4 is 0 Å². The molecule has 0 amide bonds. The Morgan fingerprint density at radius 3 is 2.00 bits per heavy atom. The summed E-state index contributed by atoms with van der Waals surface area (Å²) in [6.07, 6.45) is 3.84. The smallest absolute Gasteiger partial charge is 0.146 e. The van der Waals surface area contributed by atoms with Crippen molar-refractivity contribution < 1.29 is 0 Å². The normalized spacial score (nSPS) is 11.9. The number of rotatable bonds is 4. The molecule has 2 nitrogen and oxygen atoms in total. The first-order valence-electron chi connectivity index (χ1n) is 14.6. The molecule has 43 heavy (non-hydrogen) atoms. The Kier molecular flexibility index (Phi) is 4.94. The van der Waals surface area contributed by atoms with Gasteiger partial charge in [-0.1, -0.05) is 122 Å². The number of hydrogen-bond donors (Lipinski definition) is 0. The highest BCUT2D eigenvalue weighted by Crippen LogP contribution is 2.40. The van der Waals surface area contributed by atoms with Gasteiger partial charge in [-0.2, -0.15) is 0 Å². The number of para-hydroxylation sites is 2. The van der Waals surface area contributed by atoms with E-state index in [4.69, 9.17) is 4.98 Å². The number of fused-ring (bicyclic) bond motifs is 5. The van der Waals surface area contributed by atoms with Crippen molar-refractivity contribution in [3.05, 3.63) is 146 Å². The molecule has 0 bridgehead atoms. The molecule has 0 aliphatic carbocycles. The van der Waals surface area contributed by atoms with E-state index in [-0.39, 0.29) is 0 Å². The summed E-state index contributed by atoms with van der Waals surface area (Å²) < 4.78 is 2.21. The molecule has 9 rings (SSSR count). The van der Waals surface area contributed by atoms with Crippen LogP contribution in [0.3, 0.4) is 0 Å². The highest BCUT2D eigenvalue weighted by Gasteiger charge is 2.17. The van der Waals surface area contributed by atoms with E-state index in [9.17, 15) is 0 Å². The van der Waals surface area contributed by atoms with Crippen molar-refractivity contribution in [3.8, 4) is 22.3 Å². The minimum Gasteiger partial charge on any atom is -0.292 e. The standard InChI is InChI=1S/C41H26N2/c1-3-31-33-22-20-30(24-35(33)41-42-36-10-5-6-11-38(36)43(41)37(31)4-2)25-12-14-26(15-13-25)32-21-18-29-17-16-27-8-7-9-28-19-23-34(32)40(29)39(27)28/h3-24H,1-2H2. The summed E-state index contributed by atoms with van der Waals surface area (Å²) in [6, 6.07) is 44.0. The summed E-state index contributed by atoms with van der Waals surface area (Å²) in [4.78, 5) is 5.06. The molecule has 9 aromatic rings. The fourth-order valence-electron chi connectivity index (χ4n) is 7.10. The zero-order chi connectivity index (χ0) is 28.7. The van der Waals surface area contributed by atoms with Gasteiger partial charge in [-0.15, -0.1) is 0 Å². The molecule has 200 valence electrons. The van der Waals surface area contributed by atoms with Crippen molar-refractivity contribution in [2.24, 2.45) is 0 Å². The van der Waals surface area contributed by atoms with Gasteiger partial charge in [-0.3, -0.25) is 4.40 Å². The molecule has 0 atom stereocenters. The number of aromatic nitrogens is 2. The molecular formula is C41H26N2. The molecule has 0 spiro atoms. The second-order valence-corrected chi connectivity index (χ2v) is 11.3. The molecule has 2 heteroatoms. The largest absolute Gasteiger partial charge is 0.292 e. The summed E-state index contributed by atoms with van der Waals surface area (Å²) >= 11 is 0. The van der Waals surface area contributed by atoms with E-state index in [0.717, 1.165) is 44.3 Å². The van der Waals surface area contributed by atoms with E-state index in [0.29, 0.717) is 0 Å². The first-order chi connectivity index (χ1) is 21.2. The van der Waals surface area contributed by atoms with Gasteiger partial charge in [-0.05, 0) is 84.2 Å². The van der Waals surface area contributed by atoms with Crippen molar-refractivity contribution in [2.45, 2.75) is 0 Å². The number of nitrogens with zero attached hydrogens (tertiary/aromatic N) is 2. The van der Waals surface area contributed by atoms with Crippen LogP contribution in [-0.2, 0) is 0 Å². The predicted molar refractivity (Wildman–Crippen MR) is 185 cm³/mol. The molecule has 0 aliphatic rings. The summed E-state index contributed by atoms with van der Waals surface area (Å²) in [5.41, 5.74) is 9.85. The van der Waals surface area contributed by atoms with Crippen LogP contribution in [0, 0.1) is 0 Å². The van der Waals surface area contributed by atoms with E-state index in [1.54, 1.807) is 0 Å². The minimum atomic E-state index is 0.934. The predicted octanol–water partition coefficient (Wildman–Crippen LogP) is 11.2. The molecule has 2 aromatic heterocycles. The highest BCUT2D eigenvalue weighted by atomic mass is 15.0. The fourth-order valence-corrected chi connectivity index (χ4v) is 7.10. The van der Waals surface area contributed by atoms with Crippen LogP contribution in [0.4, 0.5) is 0 Å². The van der Waals surface area contributed by atoms with Crippen molar-refractivity contribution in [1.29, 1.82) is 0 Å². The number of imidazole rings is 1. The third-order valence-corrected chi connectivity index (χ3v) is 9.08. The maximum absolute atomic E-state index is 5.06. The van der Waals surface area contributed by atoms with E-state index in [1.165, 1.54) is 49.0 Å². The Hall–Kier alpha value is -5.73. The Bertz CT molecular complexity index is 2570. The Labute approximate surface area is 248 Å². The summed E-state index contributed by atoms with van der Waals surface area (Å²) in [5, 5.41) is 10.1. The van der Waals surface area contributed by atoms with Crippen molar-refractivity contribution >= 4 is 71.9 Å². The van der Waals surface area contributed by atoms with E-state index >= 15 is 0 Å². The molecule has 0 fully saturated rings. The van der Waals surface area contributed by atoms with Crippen LogP contribution in [0.2, 0.25) is 0 Å². The van der Waals surface area contributed by atoms with Crippen LogP contribution in [0.25, 0.3) is 94.2 Å². The topological polar surface area (TPSA) is 17.3 Å². The Morgan fingerprint density at radius 1 is 0.535 bits per heavy atom. The maximum atomic E-state index is 5.06. The van der Waals surface area contributed by atoms with Crippen molar-refractivity contribution in [2.75, 3.05) is 0 Å². The van der Waals surface area contributed by atoms with Gasteiger partial charge in [0.15, 0.2) is 0 Å². The van der Waals surface area contributed by atoms with Crippen LogP contribution in [0.5, 0.6) is 0 Å². The second-order valence-electron chi connectivity index (χ2n) is 11.3. The van der Waals surface area contributed by atoms with Gasteiger partial charge in [0, 0.05) is 10.9 Å². The molecule has 0 saturated heterocycles. The Morgan fingerprint density at radius 2 is 1.21 bits per heavy atom. The number of hydrogen-bond acceptors (Lipinski definition) is 1. The van der Waals surface area contributed by atoms with E-state index < -0.39 is 0 Å². The fraction of sp³-hybridized carbons (Fsp3) is 0. The molecule has 7 aromatic carbocycles. The van der Waals surface area contributed by atoms with E-state index in [2.05, 4.69) is 133 Å². The van der Waals surface area contributed by atoms with Gasteiger partial charge >= 0.3 is 0 Å². The van der Waals surface area contributed by atoms with Gasteiger partial charge in [-0.25, -0.2) is 4.98 Å². The first kappa shape index (κ1) is 23.9. The molecule has 0 N–H and O–H groups in total. The first-order valence-corrected chi connectivity index (χ1v) is 14.6. The van der Waals surface area contributed by atoms with Gasteiger partial charge in [0.05, 0.1) is 16.7 Å². The van der Waals surface area contributed by atoms with Crippen LogP contribution >= 0.6 is 0 Å². The van der Waals surface area contributed by atoms with E-state index in [1.807, 2.05) is 18.2 Å². The van der Waals surface area contributed by atoms with Crippen LogP contribution in [-0.4, -0.2) is 9.38 Å². The average Bonchev–Trinajstić information content (AvgIpc) is 3.46. The zero-order valence-corrected chi connectivity index (χ0v) is 23.5. The van der Waals surface area contributed by atoms with Gasteiger partial charge < -0.3 is 0 Å². The maximum Gasteiger partial charge on any atom is 0.146 e. The van der Waals surface area contributed by atoms with Gasteiger partial charge in [0.2, 0.25) is 0 Å². The summed E-state index contributed by atoms with van der Waals surface area (Å²) in [5.74, 6) is 0. The molecule has 2 heterocycles. The average molecular weight is 547 g/mol. The lowest BCUT2D eigenvalue weighted by atomic mass is 9.89. The monoisotopic (exact) mass is 546 g/mol. The molecule has 0 saturated carbocycles. The van der Waals surface area contributed by atoms with Crippen LogP contribution in [0.15, 0.2) is 134 Å². The Balaban J connectivity index is 1.21. The minimum absolute atomic E-state index is 0.934. The van der Waals surface area contributed by atoms with Gasteiger partial charge in [0.1, 0.15) is 5.65 Å². The SMILES string of the molecule is C=Cc1c(C=C)n2c3ccccc3nc2c2cc(-c3ccc(-c4ccc5ccc6cccc7ccc4c5c67)cc3)ccc12. The zero-order valence-electron chi connectivity index (χ0n) is 23.5. The number of pyridine rings is 1. The number of benzene rings is 7. The lowest BCUT2D eigenvalue weighted by Gasteiger charge is -2.15. The lowest BCUT2D eigenvalue weighted by molar-refractivity contribution is 1.21. The lowest BCUT2D eigenvalue weighted by Crippen LogP contribution is -1.97. The van der Waals surface area contributed by atoms with Gasteiger partial charge in [0.25, 0.3) is 0 Å². The van der Waals surface area contributed by atoms with Crippen LogP contribution in [0.1, 0.15) is 11.3 Å². The quantitative estimate of drug-likeness (QED) is 0.201. The molecular weight excluding hydrogens is 520 g/mol. The molecule has 0 aliphatic heterocycles. The third kappa shape index (κ3) is 3.32. The highest BCUT2D eigenvalue weighted by molar-refractivity contribution is 6.25. The van der Waals surface area contributed by atoms with Crippen molar-refractivity contribution in [3.63, 3.8) is 0 Å². The third-order valence-electron chi connectivity index (χ3n) is 9.08. The summed E-state index contributed by atoms with van der Waals surface area (Å²) in [7, 11) is 0.